The maximum Gasteiger partial charge on any atom is 0.243 e. The van der Waals surface area contributed by atoms with Crippen LogP contribution in [0.15, 0.2) is 21.5 Å². The molecule has 0 aliphatic rings. The van der Waals surface area contributed by atoms with E-state index in [9.17, 15) is 13.5 Å². The van der Waals surface area contributed by atoms with Crippen LogP contribution in [-0.2, 0) is 14.8 Å². The molecule has 1 atom stereocenters. The largest absolute Gasteiger partial charge is 0.391 e. The molecule has 0 saturated carbocycles. The second-order valence-corrected chi connectivity index (χ2v) is 7.43. The Hall–Kier alpha value is 0.110. The lowest BCUT2D eigenvalue weighted by molar-refractivity contribution is 0.0603. The molecule has 0 radical (unpaired) electrons. The Morgan fingerprint density at radius 3 is 2.45 bits per heavy atom. The Bertz CT molecular complexity index is 545. The third kappa shape index (κ3) is 5.14. The average Bonchev–Trinajstić information content (AvgIpc) is 2.26. The standard InChI is InChI=1S/C11H14BrCl2NO4S/c1-19-6-8(16)2-3-15-20(17,18)11-9(13)4-7(12)5-10(11)14/h4-5,8,15-16H,2-3,6H2,1H3. The quantitative estimate of drug-likeness (QED) is 0.729. The lowest BCUT2D eigenvalue weighted by atomic mass is 10.3. The van der Waals surface area contributed by atoms with Crippen LogP contribution in [0.2, 0.25) is 10.0 Å². The zero-order chi connectivity index (χ0) is 15.3. The predicted molar refractivity (Wildman–Crippen MR) is 81.9 cm³/mol. The van der Waals surface area contributed by atoms with Gasteiger partial charge in [0.25, 0.3) is 0 Å². The fraction of sp³-hybridized carbons (Fsp3) is 0.455. The molecular weight excluding hydrogens is 393 g/mol. The van der Waals surface area contributed by atoms with E-state index in [4.69, 9.17) is 27.9 Å². The number of hydrogen-bond donors (Lipinski definition) is 2. The number of methoxy groups -OCH3 is 1. The highest BCUT2D eigenvalue weighted by atomic mass is 79.9. The molecule has 114 valence electrons. The van der Waals surface area contributed by atoms with Crippen LogP contribution in [0, 0.1) is 0 Å². The Labute approximate surface area is 136 Å². The van der Waals surface area contributed by atoms with Gasteiger partial charge in [0.1, 0.15) is 4.90 Å². The Kier molecular flexibility index (Phi) is 7.20. The molecule has 0 amide bonds. The fourth-order valence-electron chi connectivity index (χ4n) is 1.49. The van der Waals surface area contributed by atoms with E-state index in [1.807, 2.05) is 0 Å². The van der Waals surface area contributed by atoms with Gasteiger partial charge in [-0.05, 0) is 18.6 Å². The minimum absolute atomic E-state index is 0.0225. The minimum Gasteiger partial charge on any atom is -0.391 e. The highest BCUT2D eigenvalue weighted by Gasteiger charge is 2.22. The minimum atomic E-state index is -3.84. The molecule has 0 spiro atoms. The van der Waals surface area contributed by atoms with E-state index in [-0.39, 0.29) is 34.5 Å². The summed E-state index contributed by atoms with van der Waals surface area (Å²) in [6.07, 6.45) is -0.516. The molecule has 1 rings (SSSR count). The number of ether oxygens (including phenoxy) is 1. The lowest BCUT2D eigenvalue weighted by Crippen LogP contribution is -2.29. The maximum atomic E-state index is 12.1. The van der Waals surface area contributed by atoms with Gasteiger partial charge in [-0.3, -0.25) is 0 Å². The van der Waals surface area contributed by atoms with Crippen molar-refractivity contribution in [2.24, 2.45) is 0 Å². The first-order chi connectivity index (χ1) is 9.27. The lowest BCUT2D eigenvalue weighted by Gasteiger charge is -2.12. The van der Waals surface area contributed by atoms with Crippen molar-refractivity contribution in [3.63, 3.8) is 0 Å². The molecule has 0 bridgehead atoms. The van der Waals surface area contributed by atoms with E-state index in [2.05, 4.69) is 20.7 Å². The molecule has 0 aliphatic carbocycles. The number of sulfonamides is 1. The van der Waals surface area contributed by atoms with Gasteiger partial charge in [-0.1, -0.05) is 39.1 Å². The summed E-state index contributed by atoms with van der Waals surface area (Å²) in [5, 5.41) is 9.49. The molecule has 1 unspecified atom stereocenters. The number of aliphatic hydroxyl groups is 1. The van der Waals surface area contributed by atoms with Gasteiger partial charge in [-0.25, -0.2) is 13.1 Å². The molecule has 20 heavy (non-hydrogen) atoms. The van der Waals surface area contributed by atoms with Gasteiger partial charge in [-0.2, -0.15) is 0 Å². The molecule has 1 aromatic rings. The SMILES string of the molecule is COCC(O)CCNS(=O)(=O)c1c(Cl)cc(Br)cc1Cl. The zero-order valence-corrected chi connectivity index (χ0v) is 14.5. The number of aliphatic hydroxyl groups excluding tert-OH is 1. The van der Waals surface area contributed by atoms with E-state index >= 15 is 0 Å². The summed E-state index contributed by atoms with van der Waals surface area (Å²) in [5.74, 6) is 0. The molecular formula is C11H14BrCl2NO4S. The van der Waals surface area contributed by atoms with Gasteiger partial charge in [0.15, 0.2) is 0 Å². The van der Waals surface area contributed by atoms with Crippen LogP contribution in [0.5, 0.6) is 0 Å². The molecule has 0 heterocycles. The van der Waals surface area contributed by atoms with E-state index in [1.54, 1.807) is 0 Å². The first kappa shape index (κ1) is 18.2. The van der Waals surface area contributed by atoms with Crippen molar-refractivity contribution < 1.29 is 18.3 Å². The van der Waals surface area contributed by atoms with Gasteiger partial charge in [0.2, 0.25) is 10.0 Å². The molecule has 0 saturated heterocycles. The summed E-state index contributed by atoms with van der Waals surface area (Å²) in [5.41, 5.74) is 0. The van der Waals surface area contributed by atoms with Crippen LogP contribution in [0.3, 0.4) is 0 Å². The van der Waals surface area contributed by atoms with Crippen molar-refractivity contribution in [3.8, 4) is 0 Å². The number of nitrogens with one attached hydrogen (secondary N) is 1. The van der Waals surface area contributed by atoms with Crippen LogP contribution in [0.1, 0.15) is 6.42 Å². The third-order valence-electron chi connectivity index (χ3n) is 2.36. The third-order valence-corrected chi connectivity index (χ3v) is 5.20. The molecule has 9 heteroatoms. The number of halogens is 3. The van der Waals surface area contributed by atoms with Crippen molar-refractivity contribution in [1.82, 2.24) is 4.72 Å². The summed E-state index contributed by atoms with van der Waals surface area (Å²) in [4.78, 5) is -0.176. The van der Waals surface area contributed by atoms with Gasteiger partial charge in [0, 0.05) is 18.1 Å². The van der Waals surface area contributed by atoms with Crippen LogP contribution >= 0.6 is 39.1 Å². The first-order valence-electron chi connectivity index (χ1n) is 5.59. The van der Waals surface area contributed by atoms with E-state index in [0.29, 0.717) is 4.47 Å². The number of rotatable bonds is 7. The van der Waals surface area contributed by atoms with Crippen molar-refractivity contribution in [2.45, 2.75) is 17.4 Å². The highest BCUT2D eigenvalue weighted by molar-refractivity contribution is 9.10. The van der Waals surface area contributed by atoms with Crippen LogP contribution in [0.25, 0.3) is 0 Å². The van der Waals surface area contributed by atoms with Crippen LogP contribution in [0.4, 0.5) is 0 Å². The summed E-state index contributed by atoms with van der Waals surface area (Å²) >= 11 is 15.0. The molecule has 0 aromatic heterocycles. The molecule has 0 aliphatic heterocycles. The van der Waals surface area contributed by atoms with Gasteiger partial charge in [0.05, 0.1) is 22.8 Å². The summed E-state index contributed by atoms with van der Waals surface area (Å²) < 4.78 is 31.9. The van der Waals surface area contributed by atoms with Gasteiger partial charge in [-0.15, -0.1) is 0 Å². The summed E-state index contributed by atoms with van der Waals surface area (Å²) in [6, 6.07) is 2.89. The van der Waals surface area contributed by atoms with Crippen molar-refractivity contribution in [1.29, 1.82) is 0 Å². The van der Waals surface area contributed by atoms with Gasteiger partial charge >= 0.3 is 0 Å². The number of hydrogen-bond acceptors (Lipinski definition) is 4. The van der Waals surface area contributed by atoms with Crippen molar-refractivity contribution in [2.75, 3.05) is 20.3 Å². The fourth-order valence-corrected chi connectivity index (χ4v) is 4.47. The van der Waals surface area contributed by atoms with Crippen LogP contribution < -0.4 is 4.72 Å². The van der Waals surface area contributed by atoms with Gasteiger partial charge < -0.3 is 9.84 Å². The van der Waals surface area contributed by atoms with E-state index in [0.717, 1.165) is 0 Å². The second-order valence-electron chi connectivity index (χ2n) is 3.99. The normalized spacial score (nSPS) is 13.4. The monoisotopic (exact) mass is 405 g/mol. The zero-order valence-electron chi connectivity index (χ0n) is 10.6. The highest BCUT2D eigenvalue weighted by Crippen LogP contribution is 2.32. The molecule has 0 fully saturated rings. The van der Waals surface area contributed by atoms with Crippen LogP contribution in [-0.4, -0.2) is 39.9 Å². The topological polar surface area (TPSA) is 75.6 Å². The Morgan fingerprint density at radius 1 is 1.40 bits per heavy atom. The average molecular weight is 407 g/mol. The van der Waals surface area contributed by atoms with E-state index in [1.165, 1.54) is 19.2 Å². The Morgan fingerprint density at radius 2 is 1.95 bits per heavy atom. The maximum absolute atomic E-state index is 12.1. The van der Waals surface area contributed by atoms with Crippen molar-refractivity contribution in [3.05, 3.63) is 26.7 Å². The molecule has 1 aromatic carbocycles. The van der Waals surface area contributed by atoms with E-state index < -0.39 is 16.1 Å². The smallest absolute Gasteiger partial charge is 0.243 e. The summed E-state index contributed by atoms with van der Waals surface area (Å²) in [6.45, 7) is 0.192. The Balaban J connectivity index is 2.80. The molecule has 5 nitrogen and oxygen atoms in total. The first-order valence-corrected chi connectivity index (χ1v) is 8.62. The number of benzene rings is 1. The van der Waals surface area contributed by atoms with Crippen molar-refractivity contribution >= 4 is 49.2 Å². The predicted octanol–water partition coefficient (Wildman–Crippen LogP) is 2.43. The second kappa shape index (κ2) is 7.93. The summed E-state index contributed by atoms with van der Waals surface area (Å²) in [7, 11) is -2.38. The molecule has 2 N–H and O–H groups in total.